The average molecular weight is 249 g/mol. The maximum atomic E-state index is 6.13. The zero-order chi connectivity index (χ0) is 11.5. The van der Waals surface area contributed by atoms with E-state index in [1.165, 1.54) is 0 Å². The smallest absolute Gasteiger partial charge is 0.137 e. The molecular formula is C13H11ClNS. The van der Waals surface area contributed by atoms with E-state index in [4.69, 9.17) is 11.6 Å². The third-order valence-corrected chi connectivity index (χ3v) is 3.26. The van der Waals surface area contributed by atoms with Gasteiger partial charge in [-0.25, -0.2) is 4.98 Å². The first-order valence-electron chi connectivity index (χ1n) is 4.90. The third-order valence-electron chi connectivity index (χ3n) is 2.29. The highest BCUT2D eigenvalue weighted by atomic mass is 35.5. The lowest BCUT2D eigenvalue weighted by atomic mass is 10.1. The molecule has 2 rings (SSSR count). The Hall–Kier alpha value is -0.990. The van der Waals surface area contributed by atoms with Gasteiger partial charge in [-0.15, -0.1) is 11.8 Å². The fourth-order valence-corrected chi connectivity index (χ4v) is 2.21. The van der Waals surface area contributed by atoms with E-state index in [1.54, 1.807) is 11.8 Å². The van der Waals surface area contributed by atoms with Gasteiger partial charge >= 0.3 is 0 Å². The second kappa shape index (κ2) is 4.89. The van der Waals surface area contributed by atoms with Crippen molar-refractivity contribution in [3.05, 3.63) is 47.2 Å². The van der Waals surface area contributed by atoms with Crippen molar-refractivity contribution in [2.45, 2.75) is 11.8 Å². The number of aryl methyl sites for hydroxylation is 1. The molecular weight excluding hydrogens is 238 g/mol. The Labute approximate surface area is 105 Å². The summed E-state index contributed by atoms with van der Waals surface area (Å²) in [7, 11) is 0. The van der Waals surface area contributed by atoms with Crippen LogP contribution in [0.25, 0.3) is 11.1 Å². The van der Waals surface area contributed by atoms with Crippen LogP contribution in [0.15, 0.2) is 35.2 Å². The summed E-state index contributed by atoms with van der Waals surface area (Å²) in [5.41, 5.74) is 2.98. The molecule has 0 atom stereocenters. The lowest BCUT2D eigenvalue weighted by Crippen LogP contribution is -1.86. The summed E-state index contributed by atoms with van der Waals surface area (Å²) in [5.74, 6) is 0. The predicted octanol–water partition coefficient (Wildman–Crippen LogP) is 4.23. The Bertz CT molecular complexity index is 511. The van der Waals surface area contributed by atoms with Crippen molar-refractivity contribution in [2.24, 2.45) is 0 Å². The van der Waals surface area contributed by atoms with Crippen molar-refractivity contribution >= 4 is 23.4 Å². The number of aromatic nitrogens is 1. The summed E-state index contributed by atoms with van der Waals surface area (Å²) in [6.07, 6.45) is 2.03. The van der Waals surface area contributed by atoms with Crippen molar-refractivity contribution in [2.75, 3.05) is 6.26 Å². The molecule has 2 aromatic rings. The van der Waals surface area contributed by atoms with Crippen molar-refractivity contribution in [1.29, 1.82) is 0 Å². The van der Waals surface area contributed by atoms with E-state index in [2.05, 4.69) is 17.1 Å². The van der Waals surface area contributed by atoms with Crippen LogP contribution in [0.2, 0.25) is 5.15 Å². The summed E-state index contributed by atoms with van der Waals surface area (Å²) < 4.78 is 0. The maximum Gasteiger partial charge on any atom is 0.137 e. The van der Waals surface area contributed by atoms with Gasteiger partial charge in [0.2, 0.25) is 0 Å². The van der Waals surface area contributed by atoms with Gasteiger partial charge in [-0.3, -0.25) is 0 Å². The van der Waals surface area contributed by atoms with Gasteiger partial charge in [0, 0.05) is 16.2 Å². The van der Waals surface area contributed by atoms with Crippen LogP contribution >= 0.6 is 23.4 Å². The first kappa shape index (κ1) is 11.5. The Kier molecular flexibility index (Phi) is 3.52. The van der Waals surface area contributed by atoms with Gasteiger partial charge < -0.3 is 0 Å². The summed E-state index contributed by atoms with van der Waals surface area (Å²) in [6.45, 7) is 1.93. The van der Waals surface area contributed by atoms with Crippen molar-refractivity contribution in [1.82, 2.24) is 4.98 Å². The van der Waals surface area contributed by atoms with Crippen LogP contribution in [0, 0.1) is 13.0 Å². The van der Waals surface area contributed by atoms with Gasteiger partial charge in [0.1, 0.15) is 5.15 Å². The quantitative estimate of drug-likeness (QED) is 0.583. The van der Waals surface area contributed by atoms with Gasteiger partial charge in [0.15, 0.2) is 0 Å². The van der Waals surface area contributed by atoms with Crippen LogP contribution < -0.4 is 0 Å². The largest absolute Gasteiger partial charge is 0.241 e. The number of halogens is 1. The average Bonchev–Trinajstić information content (AvgIpc) is 2.29. The number of hydrogen-bond acceptors (Lipinski definition) is 2. The Morgan fingerprint density at radius 1 is 1.31 bits per heavy atom. The molecule has 0 unspecified atom stereocenters. The molecule has 0 amide bonds. The molecule has 3 heteroatoms. The van der Waals surface area contributed by atoms with Gasteiger partial charge in [0.25, 0.3) is 0 Å². The molecule has 0 saturated carbocycles. The molecule has 1 radical (unpaired) electrons. The Balaban J connectivity index is 2.49. The highest BCUT2D eigenvalue weighted by Crippen LogP contribution is 2.28. The van der Waals surface area contributed by atoms with E-state index < -0.39 is 0 Å². The first-order chi connectivity index (χ1) is 7.70. The molecule has 1 aromatic carbocycles. The van der Waals surface area contributed by atoms with Crippen LogP contribution in [0.4, 0.5) is 0 Å². The molecule has 81 valence electrons. The number of benzene rings is 1. The maximum absolute atomic E-state index is 6.13. The van der Waals surface area contributed by atoms with Gasteiger partial charge in [-0.1, -0.05) is 23.7 Å². The van der Waals surface area contributed by atoms with Crippen molar-refractivity contribution < 1.29 is 0 Å². The lowest BCUT2D eigenvalue weighted by molar-refractivity contribution is 1.20. The number of pyridine rings is 1. The highest BCUT2D eigenvalue weighted by molar-refractivity contribution is 7.98. The molecule has 0 bridgehead atoms. The third kappa shape index (κ3) is 2.39. The Morgan fingerprint density at radius 2 is 2.12 bits per heavy atom. The van der Waals surface area contributed by atoms with E-state index in [-0.39, 0.29) is 0 Å². The van der Waals surface area contributed by atoms with Crippen molar-refractivity contribution in [3.8, 4) is 11.1 Å². The van der Waals surface area contributed by atoms with Crippen LogP contribution in [0.1, 0.15) is 5.69 Å². The second-order valence-electron chi connectivity index (χ2n) is 3.44. The topological polar surface area (TPSA) is 12.9 Å². The number of hydrogen-bond donors (Lipinski definition) is 0. The Morgan fingerprint density at radius 3 is 2.81 bits per heavy atom. The van der Waals surface area contributed by atoms with E-state index in [9.17, 15) is 0 Å². The zero-order valence-corrected chi connectivity index (χ0v) is 10.7. The van der Waals surface area contributed by atoms with Gasteiger partial charge in [-0.2, -0.15) is 0 Å². The van der Waals surface area contributed by atoms with Crippen LogP contribution in [0.3, 0.4) is 0 Å². The van der Waals surface area contributed by atoms with Gasteiger partial charge in [0.05, 0.1) is 0 Å². The summed E-state index contributed by atoms with van der Waals surface area (Å²) in [4.78, 5) is 5.36. The molecule has 1 heterocycles. The number of nitrogens with zero attached hydrogens (tertiary/aromatic N) is 1. The number of rotatable bonds is 2. The first-order valence-corrected chi connectivity index (χ1v) is 6.50. The molecule has 1 aromatic heterocycles. The summed E-state index contributed by atoms with van der Waals surface area (Å²) >= 11 is 7.80. The summed E-state index contributed by atoms with van der Waals surface area (Å²) in [5, 5.41) is 0.554. The fraction of sp³-hybridized carbons (Fsp3) is 0.154. The normalized spacial score (nSPS) is 10.4. The lowest BCUT2D eigenvalue weighted by Gasteiger charge is -2.05. The molecule has 0 aliphatic heterocycles. The van der Waals surface area contributed by atoms with Crippen LogP contribution in [0.5, 0.6) is 0 Å². The minimum Gasteiger partial charge on any atom is -0.241 e. The zero-order valence-electron chi connectivity index (χ0n) is 9.12. The monoisotopic (exact) mass is 248 g/mol. The molecule has 0 N–H and O–H groups in total. The second-order valence-corrected chi connectivity index (χ2v) is 4.64. The van der Waals surface area contributed by atoms with Gasteiger partial charge in [-0.05, 0) is 43.0 Å². The minimum atomic E-state index is 0.554. The number of thioether (sulfide) groups is 1. The molecule has 0 fully saturated rings. The molecule has 1 nitrogen and oxygen atoms in total. The predicted molar refractivity (Wildman–Crippen MR) is 70.0 cm³/mol. The molecule has 0 saturated heterocycles. The molecule has 16 heavy (non-hydrogen) atoms. The SMILES string of the molecule is CSc1[c]ccc(-c2ccc(C)nc2Cl)c1. The fourth-order valence-electron chi connectivity index (χ4n) is 1.47. The highest BCUT2D eigenvalue weighted by Gasteiger charge is 2.05. The van der Waals surface area contributed by atoms with E-state index in [0.717, 1.165) is 21.7 Å². The molecule has 0 aliphatic carbocycles. The molecule has 0 spiro atoms. The minimum absolute atomic E-state index is 0.554. The van der Waals surface area contributed by atoms with Crippen LogP contribution in [-0.4, -0.2) is 11.2 Å². The van der Waals surface area contributed by atoms with E-state index >= 15 is 0 Å². The van der Waals surface area contributed by atoms with E-state index in [1.807, 2.05) is 37.4 Å². The molecule has 0 aliphatic rings. The standard InChI is InChI=1S/C13H11ClNS/c1-9-6-7-12(13(14)15-9)10-4-3-5-11(8-10)16-2/h3-4,6-8H,1-2H3. The van der Waals surface area contributed by atoms with E-state index in [0.29, 0.717) is 5.15 Å². The van der Waals surface area contributed by atoms with Crippen LogP contribution in [-0.2, 0) is 0 Å². The summed E-state index contributed by atoms with van der Waals surface area (Å²) in [6, 6.07) is 13.1. The van der Waals surface area contributed by atoms with Crippen molar-refractivity contribution in [3.63, 3.8) is 0 Å².